The third-order valence-corrected chi connectivity index (χ3v) is 4.60. The minimum atomic E-state index is -0.677. The van der Waals surface area contributed by atoms with Crippen molar-refractivity contribution in [3.63, 3.8) is 0 Å². The first-order valence-corrected chi connectivity index (χ1v) is 9.59. The molecule has 2 amide bonds. The number of carbonyl (C=O) groups excluding carboxylic acids is 2. The summed E-state index contributed by atoms with van der Waals surface area (Å²) in [7, 11) is 1.45. The maximum absolute atomic E-state index is 12.3. The largest absolute Gasteiger partial charge is 0.496 e. The lowest BCUT2D eigenvalue weighted by molar-refractivity contribution is -0.117. The zero-order valence-corrected chi connectivity index (χ0v) is 16.9. The minimum Gasteiger partial charge on any atom is -0.496 e. The van der Waals surface area contributed by atoms with Gasteiger partial charge in [-0.2, -0.15) is 5.26 Å². The van der Waals surface area contributed by atoms with Gasteiger partial charge in [0.25, 0.3) is 11.8 Å². The SMILES string of the molecule is COc1ccccc1C(=O)NCC(=O)N=Nc1c(O)n(CCCC#N)c2ccccc12. The van der Waals surface area contributed by atoms with Gasteiger partial charge in [-0.25, -0.2) is 0 Å². The van der Waals surface area contributed by atoms with Crippen molar-refractivity contribution in [3.8, 4) is 17.7 Å². The van der Waals surface area contributed by atoms with E-state index < -0.39 is 11.8 Å². The first-order chi connectivity index (χ1) is 15.1. The summed E-state index contributed by atoms with van der Waals surface area (Å²) in [6.45, 7) is 0.0697. The molecule has 9 nitrogen and oxygen atoms in total. The number of aromatic nitrogens is 1. The van der Waals surface area contributed by atoms with Crippen molar-refractivity contribution >= 4 is 28.4 Å². The maximum Gasteiger partial charge on any atom is 0.283 e. The van der Waals surface area contributed by atoms with E-state index in [1.807, 2.05) is 12.1 Å². The molecule has 0 saturated heterocycles. The number of methoxy groups -OCH3 is 1. The van der Waals surface area contributed by atoms with Crippen LogP contribution in [0.4, 0.5) is 5.69 Å². The summed E-state index contributed by atoms with van der Waals surface area (Å²) in [6, 6.07) is 15.9. The first kappa shape index (κ1) is 21.5. The zero-order valence-electron chi connectivity index (χ0n) is 16.9. The van der Waals surface area contributed by atoms with Gasteiger partial charge in [0.2, 0.25) is 5.88 Å². The van der Waals surface area contributed by atoms with Gasteiger partial charge in [-0.1, -0.05) is 30.3 Å². The van der Waals surface area contributed by atoms with Crippen LogP contribution in [0.1, 0.15) is 23.2 Å². The Hall–Kier alpha value is -4.19. The third kappa shape index (κ3) is 4.87. The van der Waals surface area contributed by atoms with Crippen LogP contribution in [-0.2, 0) is 11.3 Å². The van der Waals surface area contributed by atoms with Crippen LogP contribution in [0.5, 0.6) is 11.6 Å². The lowest BCUT2D eigenvalue weighted by Gasteiger charge is -2.07. The number of para-hydroxylation sites is 2. The van der Waals surface area contributed by atoms with Gasteiger partial charge in [0.15, 0.2) is 5.69 Å². The average Bonchev–Trinajstić information content (AvgIpc) is 3.07. The Morgan fingerprint density at radius 2 is 1.94 bits per heavy atom. The van der Waals surface area contributed by atoms with E-state index in [1.54, 1.807) is 41.0 Å². The highest BCUT2D eigenvalue weighted by Gasteiger charge is 2.17. The normalized spacial score (nSPS) is 10.8. The number of fused-ring (bicyclic) bond motifs is 1. The Morgan fingerprint density at radius 3 is 2.71 bits per heavy atom. The first-order valence-electron chi connectivity index (χ1n) is 9.59. The number of nitrogens with zero attached hydrogens (tertiary/aromatic N) is 4. The van der Waals surface area contributed by atoms with E-state index in [1.165, 1.54) is 7.11 Å². The molecule has 9 heteroatoms. The number of hydrogen-bond donors (Lipinski definition) is 2. The molecule has 0 aliphatic carbocycles. The summed E-state index contributed by atoms with van der Waals surface area (Å²) in [5, 5.41) is 30.0. The van der Waals surface area contributed by atoms with E-state index in [4.69, 9.17) is 10.00 Å². The Balaban J connectivity index is 1.73. The fourth-order valence-corrected chi connectivity index (χ4v) is 3.14. The second-order valence-electron chi connectivity index (χ2n) is 6.58. The fourth-order valence-electron chi connectivity index (χ4n) is 3.14. The summed E-state index contributed by atoms with van der Waals surface area (Å²) >= 11 is 0. The monoisotopic (exact) mass is 419 g/mol. The smallest absolute Gasteiger partial charge is 0.283 e. The number of benzene rings is 2. The molecular formula is C22H21N5O4. The van der Waals surface area contributed by atoms with E-state index in [0.29, 0.717) is 36.1 Å². The molecule has 2 N–H and O–H groups in total. The molecule has 0 unspecified atom stereocenters. The van der Waals surface area contributed by atoms with Crippen LogP contribution in [0, 0.1) is 11.3 Å². The van der Waals surface area contributed by atoms with E-state index in [9.17, 15) is 14.7 Å². The van der Waals surface area contributed by atoms with Crippen molar-refractivity contribution in [1.29, 1.82) is 5.26 Å². The lowest BCUT2D eigenvalue weighted by atomic mass is 10.2. The number of hydrogen-bond acceptors (Lipinski definition) is 6. The molecule has 1 aromatic heterocycles. The second-order valence-corrected chi connectivity index (χ2v) is 6.58. The number of azo groups is 1. The molecule has 1 heterocycles. The zero-order chi connectivity index (χ0) is 22.2. The van der Waals surface area contributed by atoms with Gasteiger partial charge in [-0.15, -0.1) is 10.2 Å². The van der Waals surface area contributed by atoms with Crippen LogP contribution in [0.15, 0.2) is 58.8 Å². The van der Waals surface area contributed by atoms with Crippen molar-refractivity contribution in [2.75, 3.05) is 13.7 Å². The number of nitrogens with one attached hydrogen (secondary N) is 1. The van der Waals surface area contributed by atoms with Crippen LogP contribution in [0.3, 0.4) is 0 Å². The van der Waals surface area contributed by atoms with Crippen LogP contribution in [-0.4, -0.2) is 35.1 Å². The van der Waals surface area contributed by atoms with Gasteiger partial charge in [-0.3, -0.25) is 9.59 Å². The third-order valence-electron chi connectivity index (χ3n) is 4.60. The van der Waals surface area contributed by atoms with Crippen LogP contribution < -0.4 is 10.1 Å². The molecular weight excluding hydrogens is 398 g/mol. The summed E-state index contributed by atoms with van der Waals surface area (Å²) in [4.78, 5) is 24.4. The number of aromatic hydroxyl groups is 1. The Morgan fingerprint density at radius 1 is 1.19 bits per heavy atom. The van der Waals surface area contributed by atoms with E-state index in [0.717, 1.165) is 5.52 Å². The Labute approximate surface area is 178 Å². The van der Waals surface area contributed by atoms with Gasteiger partial charge >= 0.3 is 0 Å². The van der Waals surface area contributed by atoms with Gasteiger partial charge in [0.1, 0.15) is 12.3 Å². The minimum absolute atomic E-state index is 0.131. The predicted molar refractivity (Wildman–Crippen MR) is 113 cm³/mol. The van der Waals surface area contributed by atoms with Crippen molar-refractivity contribution in [2.45, 2.75) is 19.4 Å². The van der Waals surface area contributed by atoms with Gasteiger partial charge in [0, 0.05) is 18.4 Å². The summed E-state index contributed by atoms with van der Waals surface area (Å²) in [6.07, 6.45) is 0.917. The van der Waals surface area contributed by atoms with E-state index in [-0.39, 0.29) is 18.1 Å². The van der Waals surface area contributed by atoms with Gasteiger partial charge < -0.3 is 19.7 Å². The molecule has 158 valence electrons. The standard InChI is InChI=1S/C22H21N5O4/c1-31-18-11-5-3-9-16(18)21(29)24-14-19(28)25-26-20-15-8-2-4-10-17(15)27(22(20)30)13-7-6-12-23/h2-5,8-11,30H,6-7,13-14H2,1H3,(H,24,29). The molecule has 3 rings (SSSR count). The molecule has 0 spiro atoms. The summed E-state index contributed by atoms with van der Waals surface area (Å²) in [5.74, 6) is -0.890. The van der Waals surface area contributed by atoms with E-state index >= 15 is 0 Å². The van der Waals surface area contributed by atoms with Crippen molar-refractivity contribution < 1.29 is 19.4 Å². The molecule has 0 saturated carbocycles. The van der Waals surface area contributed by atoms with Crippen molar-refractivity contribution in [2.24, 2.45) is 10.2 Å². The summed E-state index contributed by atoms with van der Waals surface area (Å²) in [5.41, 5.74) is 1.19. The maximum atomic E-state index is 12.3. The Bertz CT molecular complexity index is 1180. The number of nitriles is 1. The number of amides is 2. The lowest BCUT2D eigenvalue weighted by Crippen LogP contribution is -2.28. The second kappa shape index (κ2) is 10.0. The predicted octanol–water partition coefficient (Wildman–Crippen LogP) is 3.70. The highest BCUT2D eigenvalue weighted by Crippen LogP contribution is 2.38. The van der Waals surface area contributed by atoms with E-state index in [2.05, 4.69) is 21.6 Å². The summed E-state index contributed by atoms with van der Waals surface area (Å²) < 4.78 is 6.77. The molecule has 31 heavy (non-hydrogen) atoms. The van der Waals surface area contributed by atoms with Crippen LogP contribution >= 0.6 is 0 Å². The molecule has 0 aliphatic rings. The highest BCUT2D eigenvalue weighted by atomic mass is 16.5. The topological polar surface area (TPSA) is 129 Å². The number of aryl methyl sites for hydroxylation is 1. The van der Waals surface area contributed by atoms with Crippen molar-refractivity contribution in [1.82, 2.24) is 9.88 Å². The number of carbonyl (C=O) groups is 2. The number of rotatable bonds is 8. The van der Waals surface area contributed by atoms with Crippen LogP contribution in [0.25, 0.3) is 10.9 Å². The molecule has 3 aromatic rings. The average molecular weight is 419 g/mol. The van der Waals surface area contributed by atoms with Gasteiger partial charge in [0.05, 0.1) is 24.3 Å². The fraction of sp³-hybridized carbons (Fsp3) is 0.227. The molecule has 0 atom stereocenters. The van der Waals surface area contributed by atoms with Gasteiger partial charge in [-0.05, 0) is 24.6 Å². The molecule has 2 aromatic carbocycles. The molecule has 0 bridgehead atoms. The highest BCUT2D eigenvalue weighted by molar-refractivity contribution is 5.99. The quantitative estimate of drug-likeness (QED) is 0.425. The Kier molecular flexibility index (Phi) is 6.96. The van der Waals surface area contributed by atoms with Crippen LogP contribution in [0.2, 0.25) is 0 Å². The number of ether oxygens (including phenoxy) is 1. The molecule has 0 fully saturated rings. The molecule has 0 aliphatic heterocycles. The number of unbranched alkanes of at least 4 members (excludes halogenated alkanes) is 1. The van der Waals surface area contributed by atoms with Crippen molar-refractivity contribution in [3.05, 3.63) is 54.1 Å². The molecule has 0 radical (unpaired) electrons.